The number of rotatable bonds is 3. The average Bonchev–Trinajstić information content (AvgIpc) is 2.76. The molecule has 2 nitrogen and oxygen atoms in total. The Morgan fingerprint density at radius 1 is 1.10 bits per heavy atom. The Balaban J connectivity index is 2.02. The number of aromatic nitrogens is 1. The fourth-order valence-corrected chi connectivity index (χ4v) is 2.57. The van der Waals surface area contributed by atoms with E-state index in [2.05, 4.69) is 6.07 Å². The minimum absolute atomic E-state index is 0.586. The van der Waals surface area contributed by atoms with Gasteiger partial charge in [-0.1, -0.05) is 35.3 Å². The van der Waals surface area contributed by atoms with Crippen molar-refractivity contribution in [2.45, 2.75) is 6.54 Å². The first-order chi connectivity index (χ1) is 9.67. The molecule has 0 spiro atoms. The molecular weight excluding hydrogens is 293 g/mol. The van der Waals surface area contributed by atoms with Gasteiger partial charge in [-0.15, -0.1) is 0 Å². The molecule has 0 bridgehead atoms. The van der Waals surface area contributed by atoms with Crippen molar-refractivity contribution in [3.05, 3.63) is 64.3 Å². The van der Waals surface area contributed by atoms with Gasteiger partial charge >= 0.3 is 0 Å². The molecular formula is C16H12Cl2NO. The van der Waals surface area contributed by atoms with Gasteiger partial charge in [-0.2, -0.15) is 0 Å². The molecule has 1 aromatic heterocycles. The van der Waals surface area contributed by atoms with E-state index in [1.54, 1.807) is 7.11 Å². The van der Waals surface area contributed by atoms with Crippen molar-refractivity contribution in [3.8, 4) is 5.75 Å². The van der Waals surface area contributed by atoms with Gasteiger partial charge in [-0.3, -0.25) is 0 Å². The maximum atomic E-state index is 6.28. The molecule has 0 saturated carbocycles. The highest BCUT2D eigenvalue weighted by molar-refractivity contribution is 6.31. The van der Waals surface area contributed by atoms with E-state index in [1.165, 1.54) is 0 Å². The van der Waals surface area contributed by atoms with Crippen LogP contribution in [0.15, 0.2) is 42.5 Å². The number of fused-ring (bicyclic) bond motifs is 1. The first kappa shape index (κ1) is 13.3. The normalized spacial score (nSPS) is 10.9. The van der Waals surface area contributed by atoms with Crippen molar-refractivity contribution in [2.24, 2.45) is 0 Å². The van der Waals surface area contributed by atoms with Gasteiger partial charge in [0.15, 0.2) is 0 Å². The van der Waals surface area contributed by atoms with Crippen molar-refractivity contribution in [1.82, 2.24) is 4.57 Å². The molecule has 0 aliphatic carbocycles. The Kier molecular flexibility index (Phi) is 3.60. The minimum Gasteiger partial charge on any atom is -0.497 e. The second-order valence-corrected chi connectivity index (χ2v) is 5.31. The maximum absolute atomic E-state index is 6.28. The van der Waals surface area contributed by atoms with Crippen LogP contribution in [0.1, 0.15) is 5.56 Å². The molecule has 3 rings (SSSR count). The van der Waals surface area contributed by atoms with Crippen LogP contribution in [0.5, 0.6) is 5.75 Å². The molecule has 1 heterocycles. The molecule has 0 aliphatic heterocycles. The summed E-state index contributed by atoms with van der Waals surface area (Å²) in [6.45, 7) is 0.683. The monoisotopic (exact) mass is 304 g/mol. The Morgan fingerprint density at radius 3 is 2.55 bits per heavy atom. The molecule has 3 aromatic rings. The predicted octanol–water partition coefficient (Wildman–Crippen LogP) is 4.81. The van der Waals surface area contributed by atoms with Crippen LogP contribution in [0.3, 0.4) is 0 Å². The lowest BCUT2D eigenvalue weighted by Crippen LogP contribution is -1.99. The third-order valence-electron chi connectivity index (χ3n) is 3.22. The lowest BCUT2D eigenvalue weighted by molar-refractivity contribution is 0.415. The maximum Gasteiger partial charge on any atom is 0.119 e. The molecule has 2 aromatic carbocycles. The molecule has 0 amide bonds. The quantitative estimate of drug-likeness (QED) is 0.677. The van der Waals surface area contributed by atoms with E-state index in [4.69, 9.17) is 27.9 Å². The molecule has 0 saturated heterocycles. The zero-order valence-electron chi connectivity index (χ0n) is 10.9. The summed E-state index contributed by atoms with van der Waals surface area (Å²) in [6, 6.07) is 16.7. The third-order valence-corrected chi connectivity index (χ3v) is 3.77. The van der Waals surface area contributed by atoms with E-state index >= 15 is 0 Å². The minimum atomic E-state index is 0.586. The van der Waals surface area contributed by atoms with Crippen LogP contribution in [-0.2, 0) is 6.54 Å². The van der Waals surface area contributed by atoms with Crippen molar-refractivity contribution in [1.29, 1.82) is 0 Å². The molecule has 0 unspecified atom stereocenters. The molecule has 0 atom stereocenters. The third kappa shape index (κ3) is 2.49. The molecule has 20 heavy (non-hydrogen) atoms. The van der Waals surface area contributed by atoms with Crippen LogP contribution in [0.4, 0.5) is 0 Å². The average molecular weight is 305 g/mol. The van der Waals surface area contributed by atoms with Crippen LogP contribution in [0.25, 0.3) is 10.9 Å². The molecule has 4 heteroatoms. The lowest BCUT2D eigenvalue weighted by atomic mass is 10.2. The van der Waals surface area contributed by atoms with Gasteiger partial charge in [-0.25, -0.2) is 0 Å². The van der Waals surface area contributed by atoms with Gasteiger partial charge in [0, 0.05) is 23.0 Å². The SMILES string of the molecule is COc1ccc2c([c]c(Cl)n2Cc2ccc(Cl)cc2)c1. The summed E-state index contributed by atoms with van der Waals surface area (Å²) in [5.41, 5.74) is 2.17. The van der Waals surface area contributed by atoms with E-state index in [0.29, 0.717) is 11.7 Å². The van der Waals surface area contributed by atoms with E-state index in [9.17, 15) is 0 Å². The van der Waals surface area contributed by atoms with Crippen molar-refractivity contribution in [3.63, 3.8) is 0 Å². The highest BCUT2D eigenvalue weighted by Gasteiger charge is 2.09. The molecule has 0 aliphatic rings. The first-order valence-corrected chi connectivity index (χ1v) is 6.92. The summed E-state index contributed by atoms with van der Waals surface area (Å²) in [4.78, 5) is 0. The number of nitrogens with zero attached hydrogens (tertiary/aromatic N) is 1. The van der Waals surface area contributed by atoms with Crippen molar-refractivity contribution in [2.75, 3.05) is 7.11 Å². The van der Waals surface area contributed by atoms with Crippen LogP contribution in [0.2, 0.25) is 10.2 Å². The van der Waals surface area contributed by atoms with Gasteiger partial charge in [0.1, 0.15) is 10.9 Å². The van der Waals surface area contributed by atoms with Crippen LogP contribution >= 0.6 is 23.2 Å². The first-order valence-electron chi connectivity index (χ1n) is 6.17. The van der Waals surface area contributed by atoms with Gasteiger partial charge in [-0.05, 0) is 35.9 Å². The Hall–Kier alpha value is -1.64. The number of benzene rings is 2. The Morgan fingerprint density at radius 2 is 1.85 bits per heavy atom. The summed E-state index contributed by atoms with van der Waals surface area (Å²) in [6.07, 6.45) is 0. The summed E-state index contributed by atoms with van der Waals surface area (Å²) >= 11 is 12.2. The fourth-order valence-electron chi connectivity index (χ4n) is 2.19. The van der Waals surface area contributed by atoms with Crippen LogP contribution in [0, 0.1) is 6.07 Å². The van der Waals surface area contributed by atoms with E-state index in [-0.39, 0.29) is 0 Å². The lowest BCUT2D eigenvalue weighted by Gasteiger charge is -2.08. The Labute approximate surface area is 127 Å². The molecule has 0 N–H and O–H groups in total. The summed E-state index contributed by atoms with van der Waals surface area (Å²) in [5.74, 6) is 0.800. The molecule has 1 radical (unpaired) electrons. The van der Waals surface area contributed by atoms with E-state index in [1.807, 2.05) is 47.0 Å². The summed E-state index contributed by atoms with van der Waals surface area (Å²) in [5, 5.41) is 2.26. The predicted molar refractivity (Wildman–Crippen MR) is 82.9 cm³/mol. The fraction of sp³-hybridized carbons (Fsp3) is 0.125. The van der Waals surface area contributed by atoms with Crippen LogP contribution < -0.4 is 4.74 Å². The van der Waals surface area contributed by atoms with Gasteiger partial charge in [0.2, 0.25) is 0 Å². The number of halogens is 2. The number of hydrogen-bond donors (Lipinski definition) is 0. The molecule has 0 fully saturated rings. The standard InChI is InChI=1S/C16H12Cl2NO/c1-20-14-6-7-15-12(8-14)9-16(18)19(15)10-11-2-4-13(17)5-3-11/h2-8H,10H2,1H3. The van der Waals surface area contributed by atoms with Crippen molar-refractivity contribution < 1.29 is 4.74 Å². The summed E-state index contributed by atoms with van der Waals surface area (Å²) in [7, 11) is 1.65. The van der Waals surface area contributed by atoms with E-state index in [0.717, 1.165) is 27.2 Å². The number of hydrogen-bond acceptors (Lipinski definition) is 1. The van der Waals surface area contributed by atoms with E-state index < -0.39 is 0 Å². The highest BCUT2D eigenvalue weighted by atomic mass is 35.5. The number of ether oxygens (including phenoxy) is 1. The van der Waals surface area contributed by atoms with Gasteiger partial charge in [0.25, 0.3) is 0 Å². The second kappa shape index (κ2) is 5.39. The second-order valence-electron chi connectivity index (χ2n) is 4.51. The van der Waals surface area contributed by atoms with Gasteiger partial charge < -0.3 is 9.30 Å². The number of methoxy groups -OCH3 is 1. The Bertz CT molecular complexity index is 747. The largest absolute Gasteiger partial charge is 0.497 e. The zero-order valence-corrected chi connectivity index (χ0v) is 12.4. The molecule has 101 valence electrons. The smallest absolute Gasteiger partial charge is 0.119 e. The zero-order chi connectivity index (χ0) is 14.1. The topological polar surface area (TPSA) is 14.2 Å². The summed E-state index contributed by atoms with van der Waals surface area (Å²) < 4.78 is 7.23. The highest BCUT2D eigenvalue weighted by Crippen LogP contribution is 2.27. The van der Waals surface area contributed by atoms with Gasteiger partial charge in [0.05, 0.1) is 12.6 Å². The van der Waals surface area contributed by atoms with Crippen LogP contribution in [-0.4, -0.2) is 11.7 Å². The van der Waals surface area contributed by atoms with Crippen molar-refractivity contribution >= 4 is 34.1 Å².